The first-order chi connectivity index (χ1) is 8.16. The molecule has 2 aliphatic heterocycles. The zero-order valence-electron chi connectivity index (χ0n) is 10.7. The minimum absolute atomic E-state index is 0.181. The molecule has 17 heavy (non-hydrogen) atoms. The average molecular weight is 260 g/mol. The maximum atomic E-state index is 12.6. The number of sulfonamides is 1. The van der Waals surface area contributed by atoms with Crippen molar-refractivity contribution >= 4 is 10.0 Å². The Morgan fingerprint density at radius 3 is 2.76 bits per heavy atom. The van der Waals surface area contributed by atoms with Gasteiger partial charge in [-0.05, 0) is 32.2 Å². The molecule has 2 heterocycles. The summed E-state index contributed by atoms with van der Waals surface area (Å²) in [5.41, 5.74) is 0. The molecule has 0 saturated carbocycles. The van der Waals surface area contributed by atoms with Crippen molar-refractivity contribution in [3.8, 4) is 0 Å². The molecule has 0 amide bonds. The highest BCUT2D eigenvalue weighted by atomic mass is 32.2. The highest BCUT2D eigenvalue weighted by Gasteiger charge is 2.38. The molecular weight excluding hydrogens is 236 g/mol. The molecule has 0 aromatic carbocycles. The Hall–Kier alpha value is -0.130. The van der Waals surface area contributed by atoms with Crippen molar-refractivity contribution in [3.05, 3.63) is 0 Å². The number of hydrogen-bond donors (Lipinski definition) is 1. The van der Waals surface area contributed by atoms with Crippen LogP contribution >= 0.6 is 0 Å². The molecule has 0 bridgehead atoms. The largest absolute Gasteiger partial charge is 0.315 e. The summed E-state index contributed by atoms with van der Waals surface area (Å²) in [6.45, 7) is 4.36. The molecule has 100 valence electrons. The van der Waals surface area contributed by atoms with E-state index in [0.29, 0.717) is 6.54 Å². The summed E-state index contributed by atoms with van der Waals surface area (Å²) in [6.07, 6.45) is 6.11. The SMILES string of the molecule is CCCC1CCCCN1S(=O)(=O)C1CCNC1. The predicted molar refractivity (Wildman–Crippen MR) is 69.4 cm³/mol. The van der Waals surface area contributed by atoms with Crippen LogP contribution in [0.2, 0.25) is 0 Å². The van der Waals surface area contributed by atoms with Crippen molar-refractivity contribution in [2.45, 2.75) is 56.7 Å². The second-order valence-corrected chi connectivity index (χ2v) is 7.37. The molecule has 0 aromatic rings. The molecule has 0 radical (unpaired) electrons. The lowest BCUT2D eigenvalue weighted by molar-refractivity contribution is 0.237. The smallest absolute Gasteiger partial charge is 0.218 e. The van der Waals surface area contributed by atoms with Gasteiger partial charge >= 0.3 is 0 Å². The zero-order valence-corrected chi connectivity index (χ0v) is 11.5. The van der Waals surface area contributed by atoms with E-state index in [2.05, 4.69) is 12.2 Å². The number of piperidine rings is 1. The summed E-state index contributed by atoms with van der Waals surface area (Å²) >= 11 is 0. The first-order valence-electron chi connectivity index (χ1n) is 6.87. The van der Waals surface area contributed by atoms with E-state index < -0.39 is 10.0 Å². The molecule has 2 fully saturated rings. The van der Waals surface area contributed by atoms with Crippen molar-refractivity contribution in [1.29, 1.82) is 0 Å². The topological polar surface area (TPSA) is 49.4 Å². The van der Waals surface area contributed by atoms with E-state index in [1.54, 1.807) is 0 Å². The first-order valence-corrected chi connectivity index (χ1v) is 8.38. The number of hydrogen-bond acceptors (Lipinski definition) is 3. The van der Waals surface area contributed by atoms with E-state index >= 15 is 0 Å². The number of rotatable bonds is 4. The number of nitrogens with one attached hydrogen (secondary N) is 1. The second-order valence-electron chi connectivity index (χ2n) is 5.21. The van der Waals surface area contributed by atoms with Crippen LogP contribution in [0.15, 0.2) is 0 Å². The fourth-order valence-electron chi connectivity index (χ4n) is 3.00. The maximum Gasteiger partial charge on any atom is 0.218 e. The minimum Gasteiger partial charge on any atom is -0.315 e. The molecule has 2 rings (SSSR count). The normalized spacial score (nSPS) is 31.8. The molecule has 5 heteroatoms. The van der Waals surface area contributed by atoms with Crippen molar-refractivity contribution in [3.63, 3.8) is 0 Å². The third-order valence-electron chi connectivity index (χ3n) is 3.96. The van der Waals surface area contributed by atoms with Crippen molar-refractivity contribution in [2.24, 2.45) is 0 Å². The van der Waals surface area contributed by atoms with Gasteiger partial charge in [0.25, 0.3) is 0 Å². The highest BCUT2D eigenvalue weighted by Crippen LogP contribution is 2.27. The lowest BCUT2D eigenvalue weighted by Gasteiger charge is -2.36. The first kappa shape index (κ1) is 13.3. The van der Waals surface area contributed by atoms with Crippen LogP contribution in [0.5, 0.6) is 0 Å². The second kappa shape index (κ2) is 5.67. The van der Waals surface area contributed by atoms with Gasteiger partial charge in [0.05, 0.1) is 5.25 Å². The molecule has 2 atom stereocenters. The molecule has 1 N–H and O–H groups in total. The summed E-state index contributed by atoms with van der Waals surface area (Å²) in [4.78, 5) is 0. The van der Waals surface area contributed by atoms with Gasteiger partial charge in [-0.3, -0.25) is 0 Å². The van der Waals surface area contributed by atoms with E-state index in [4.69, 9.17) is 0 Å². The van der Waals surface area contributed by atoms with Gasteiger partial charge < -0.3 is 5.32 Å². The van der Waals surface area contributed by atoms with Gasteiger partial charge in [0, 0.05) is 19.1 Å². The van der Waals surface area contributed by atoms with Crippen LogP contribution in [-0.2, 0) is 10.0 Å². The van der Waals surface area contributed by atoms with Crippen LogP contribution in [-0.4, -0.2) is 43.6 Å². The predicted octanol–water partition coefficient (Wildman–Crippen LogP) is 1.33. The van der Waals surface area contributed by atoms with E-state index in [9.17, 15) is 8.42 Å². The molecular formula is C12H24N2O2S. The van der Waals surface area contributed by atoms with E-state index in [1.165, 1.54) is 6.42 Å². The number of nitrogens with zero attached hydrogens (tertiary/aromatic N) is 1. The Labute approximate surface area is 105 Å². The summed E-state index contributed by atoms with van der Waals surface area (Å²) in [6, 6.07) is 0.263. The van der Waals surface area contributed by atoms with Crippen LogP contribution < -0.4 is 5.32 Å². The van der Waals surface area contributed by atoms with Crippen LogP contribution in [0, 0.1) is 0 Å². The molecule has 0 spiro atoms. The van der Waals surface area contributed by atoms with E-state index in [1.807, 2.05) is 4.31 Å². The van der Waals surface area contributed by atoms with Gasteiger partial charge in [-0.25, -0.2) is 8.42 Å². The van der Waals surface area contributed by atoms with E-state index in [-0.39, 0.29) is 11.3 Å². The average Bonchev–Trinajstić information content (AvgIpc) is 2.84. The fourth-order valence-corrected chi connectivity index (χ4v) is 5.14. The molecule has 2 unspecified atom stereocenters. The van der Waals surface area contributed by atoms with Gasteiger partial charge in [-0.1, -0.05) is 19.8 Å². The zero-order chi connectivity index (χ0) is 12.3. The van der Waals surface area contributed by atoms with E-state index in [0.717, 1.165) is 45.2 Å². The molecule has 2 saturated heterocycles. The van der Waals surface area contributed by atoms with Crippen LogP contribution in [0.3, 0.4) is 0 Å². The lowest BCUT2D eigenvalue weighted by atomic mass is 10.0. The van der Waals surface area contributed by atoms with Gasteiger partial charge in [-0.15, -0.1) is 0 Å². The summed E-state index contributed by atoms with van der Waals surface area (Å²) in [5.74, 6) is 0. The van der Waals surface area contributed by atoms with Gasteiger partial charge in [0.2, 0.25) is 10.0 Å². The van der Waals surface area contributed by atoms with Crippen molar-refractivity contribution in [1.82, 2.24) is 9.62 Å². The Balaban J connectivity index is 2.11. The quantitative estimate of drug-likeness (QED) is 0.829. The minimum atomic E-state index is -3.06. The monoisotopic (exact) mass is 260 g/mol. The van der Waals surface area contributed by atoms with Crippen LogP contribution in [0.4, 0.5) is 0 Å². The Morgan fingerprint density at radius 1 is 1.29 bits per heavy atom. The fraction of sp³-hybridized carbons (Fsp3) is 1.00. The Kier molecular flexibility index (Phi) is 4.44. The molecule has 0 aliphatic carbocycles. The van der Waals surface area contributed by atoms with Crippen molar-refractivity contribution < 1.29 is 8.42 Å². The molecule has 4 nitrogen and oxygen atoms in total. The standard InChI is InChI=1S/C12H24N2O2S/c1-2-5-11-6-3-4-9-14(11)17(15,16)12-7-8-13-10-12/h11-13H,2-10H2,1H3. The lowest BCUT2D eigenvalue weighted by Crippen LogP contribution is -2.48. The van der Waals surface area contributed by atoms with Gasteiger partial charge in [0.15, 0.2) is 0 Å². The van der Waals surface area contributed by atoms with Crippen LogP contribution in [0.1, 0.15) is 45.4 Å². The van der Waals surface area contributed by atoms with Gasteiger partial charge in [-0.2, -0.15) is 4.31 Å². The molecule has 2 aliphatic rings. The third kappa shape index (κ3) is 2.83. The summed E-state index contributed by atoms with van der Waals surface area (Å²) in [7, 11) is -3.06. The van der Waals surface area contributed by atoms with Crippen molar-refractivity contribution in [2.75, 3.05) is 19.6 Å². The summed E-state index contributed by atoms with van der Waals surface area (Å²) < 4.78 is 26.9. The maximum absolute atomic E-state index is 12.6. The third-order valence-corrected chi connectivity index (χ3v) is 6.34. The Morgan fingerprint density at radius 2 is 2.12 bits per heavy atom. The summed E-state index contributed by atoms with van der Waals surface area (Å²) in [5, 5.41) is 2.98. The van der Waals surface area contributed by atoms with Crippen LogP contribution in [0.25, 0.3) is 0 Å². The van der Waals surface area contributed by atoms with Gasteiger partial charge in [0.1, 0.15) is 0 Å². The Bertz CT molecular complexity index is 334. The highest BCUT2D eigenvalue weighted by molar-refractivity contribution is 7.89. The molecule has 0 aromatic heterocycles.